The number of benzene rings is 1. The summed E-state index contributed by atoms with van der Waals surface area (Å²) in [6, 6.07) is 7.79. The molecule has 0 spiro atoms. The largest absolute Gasteiger partial charge is 0.369 e. The van der Waals surface area contributed by atoms with Crippen molar-refractivity contribution < 1.29 is 4.79 Å². The molecule has 0 bridgehead atoms. The number of carbonyl (C=O) groups is 1. The molecule has 0 aromatic heterocycles. The first-order valence-electron chi connectivity index (χ1n) is 3.85. The normalized spacial score (nSPS) is 17.7. The standard InChI is InChI=1S/C10H9NO.ClH/c11-10(12)9-6-5-7-3-1-2-4-8(7)9;/h1-6,9H,(H2,11,12);1H. The third-order valence-corrected chi connectivity index (χ3v) is 2.11. The van der Waals surface area contributed by atoms with E-state index in [2.05, 4.69) is 0 Å². The minimum Gasteiger partial charge on any atom is -0.369 e. The molecule has 1 aliphatic carbocycles. The summed E-state index contributed by atoms with van der Waals surface area (Å²) in [7, 11) is 0. The van der Waals surface area contributed by atoms with Gasteiger partial charge in [0.2, 0.25) is 5.91 Å². The van der Waals surface area contributed by atoms with Crippen LogP contribution in [0.1, 0.15) is 17.0 Å². The molecule has 0 saturated carbocycles. The molecule has 0 fully saturated rings. The van der Waals surface area contributed by atoms with Gasteiger partial charge in [0.1, 0.15) is 0 Å². The molecular formula is C10H10ClNO. The van der Waals surface area contributed by atoms with Crippen LogP contribution in [0.2, 0.25) is 0 Å². The molecule has 2 nitrogen and oxygen atoms in total. The first-order valence-corrected chi connectivity index (χ1v) is 3.85. The van der Waals surface area contributed by atoms with Crippen LogP contribution in [0.25, 0.3) is 6.08 Å². The molecular weight excluding hydrogens is 186 g/mol. The van der Waals surface area contributed by atoms with Crippen LogP contribution >= 0.6 is 12.4 Å². The number of carbonyl (C=O) groups excluding carboxylic acids is 1. The molecule has 1 unspecified atom stereocenters. The van der Waals surface area contributed by atoms with E-state index >= 15 is 0 Å². The van der Waals surface area contributed by atoms with Gasteiger partial charge >= 0.3 is 0 Å². The number of hydrogen-bond donors (Lipinski definition) is 1. The highest BCUT2D eigenvalue weighted by Gasteiger charge is 2.20. The van der Waals surface area contributed by atoms with Gasteiger partial charge in [-0.1, -0.05) is 36.4 Å². The Morgan fingerprint density at radius 2 is 2.00 bits per heavy atom. The summed E-state index contributed by atoms with van der Waals surface area (Å²) in [5, 5.41) is 0. The summed E-state index contributed by atoms with van der Waals surface area (Å²) in [6.07, 6.45) is 3.78. The van der Waals surface area contributed by atoms with Crippen molar-refractivity contribution in [2.75, 3.05) is 0 Å². The second-order valence-corrected chi connectivity index (χ2v) is 2.87. The van der Waals surface area contributed by atoms with Crippen molar-refractivity contribution in [3.63, 3.8) is 0 Å². The summed E-state index contributed by atoms with van der Waals surface area (Å²) in [4.78, 5) is 10.9. The Balaban J connectivity index is 0.000000845. The van der Waals surface area contributed by atoms with Gasteiger partial charge in [0.15, 0.2) is 0 Å². The highest BCUT2D eigenvalue weighted by atomic mass is 35.5. The number of primary amides is 1. The van der Waals surface area contributed by atoms with Gasteiger partial charge in [0.05, 0.1) is 5.92 Å². The van der Waals surface area contributed by atoms with E-state index in [-0.39, 0.29) is 24.2 Å². The van der Waals surface area contributed by atoms with Gasteiger partial charge in [-0.25, -0.2) is 0 Å². The van der Waals surface area contributed by atoms with Crippen LogP contribution in [0, 0.1) is 0 Å². The number of nitrogens with two attached hydrogens (primary N) is 1. The highest BCUT2D eigenvalue weighted by Crippen LogP contribution is 2.28. The third-order valence-electron chi connectivity index (χ3n) is 2.11. The average molecular weight is 196 g/mol. The third kappa shape index (κ3) is 1.58. The molecule has 0 radical (unpaired) electrons. The minimum absolute atomic E-state index is 0. The van der Waals surface area contributed by atoms with Crippen LogP contribution in [0.15, 0.2) is 30.3 Å². The number of amides is 1. The Morgan fingerprint density at radius 1 is 1.31 bits per heavy atom. The predicted molar refractivity (Wildman–Crippen MR) is 54.7 cm³/mol. The van der Waals surface area contributed by atoms with Crippen molar-refractivity contribution in [3.05, 3.63) is 41.5 Å². The first-order chi connectivity index (χ1) is 5.79. The minimum atomic E-state index is -0.281. The number of hydrogen-bond acceptors (Lipinski definition) is 1. The summed E-state index contributed by atoms with van der Waals surface area (Å²) >= 11 is 0. The topological polar surface area (TPSA) is 43.1 Å². The Hall–Kier alpha value is -1.28. The lowest BCUT2D eigenvalue weighted by Gasteiger charge is -2.04. The van der Waals surface area contributed by atoms with Crippen molar-refractivity contribution in [3.8, 4) is 0 Å². The molecule has 2 rings (SSSR count). The molecule has 1 aromatic carbocycles. The van der Waals surface area contributed by atoms with E-state index in [1.165, 1.54) is 0 Å². The molecule has 13 heavy (non-hydrogen) atoms. The van der Waals surface area contributed by atoms with Gasteiger partial charge in [-0.3, -0.25) is 4.79 Å². The average Bonchev–Trinajstić information content (AvgIpc) is 2.47. The molecule has 0 saturated heterocycles. The van der Waals surface area contributed by atoms with Gasteiger partial charge in [0, 0.05) is 0 Å². The van der Waals surface area contributed by atoms with Crippen LogP contribution in [0.5, 0.6) is 0 Å². The lowest BCUT2D eigenvalue weighted by Crippen LogP contribution is -2.18. The van der Waals surface area contributed by atoms with Crippen LogP contribution < -0.4 is 5.73 Å². The zero-order valence-corrected chi connectivity index (χ0v) is 7.75. The summed E-state index contributed by atoms with van der Waals surface area (Å²) in [5.74, 6) is -0.502. The SMILES string of the molecule is Cl.NC(=O)C1C=Cc2ccccc21. The molecule has 3 heteroatoms. The van der Waals surface area contributed by atoms with Gasteiger partial charge < -0.3 is 5.73 Å². The van der Waals surface area contributed by atoms with Crippen molar-refractivity contribution in [1.82, 2.24) is 0 Å². The van der Waals surface area contributed by atoms with Crippen molar-refractivity contribution in [2.45, 2.75) is 5.92 Å². The summed E-state index contributed by atoms with van der Waals surface area (Å²) < 4.78 is 0. The number of fused-ring (bicyclic) bond motifs is 1. The molecule has 1 atom stereocenters. The second-order valence-electron chi connectivity index (χ2n) is 2.87. The van der Waals surface area contributed by atoms with Crippen molar-refractivity contribution in [1.29, 1.82) is 0 Å². The molecule has 1 amide bonds. The zero-order valence-electron chi connectivity index (χ0n) is 6.94. The van der Waals surface area contributed by atoms with E-state index < -0.39 is 0 Å². The van der Waals surface area contributed by atoms with Crippen molar-refractivity contribution in [2.24, 2.45) is 5.73 Å². The number of halogens is 1. The van der Waals surface area contributed by atoms with Crippen molar-refractivity contribution >= 4 is 24.4 Å². The molecule has 68 valence electrons. The van der Waals surface area contributed by atoms with E-state index in [1.54, 1.807) is 0 Å². The van der Waals surface area contributed by atoms with E-state index in [9.17, 15) is 4.79 Å². The highest BCUT2D eigenvalue weighted by molar-refractivity contribution is 5.89. The fourth-order valence-electron chi connectivity index (χ4n) is 1.50. The fraction of sp³-hybridized carbons (Fsp3) is 0.100. The summed E-state index contributed by atoms with van der Waals surface area (Å²) in [5.41, 5.74) is 7.34. The lowest BCUT2D eigenvalue weighted by molar-refractivity contribution is -0.118. The molecule has 2 N–H and O–H groups in total. The first kappa shape index (κ1) is 9.81. The second kappa shape index (κ2) is 3.62. The Kier molecular flexibility index (Phi) is 2.73. The Labute approximate surface area is 82.9 Å². The molecule has 0 aliphatic heterocycles. The van der Waals surface area contributed by atoms with E-state index in [0.717, 1.165) is 11.1 Å². The Morgan fingerprint density at radius 3 is 2.69 bits per heavy atom. The maximum Gasteiger partial charge on any atom is 0.228 e. The quantitative estimate of drug-likeness (QED) is 0.729. The van der Waals surface area contributed by atoms with Gasteiger partial charge in [-0.2, -0.15) is 0 Å². The smallest absolute Gasteiger partial charge is 0.228 e. The Bertz CT molecular complexity index is 360. The lowest BCUT2D eigenvalue weighted by atomic mass is 10.0. The van der Waals surface area contributed by atoms with E-state index in [4.69, 9.17) is 5.73 Å². The van der Waals surface area contributed by atoms with E-state index in [0.29, 0.717) is 0 Å². The van der Waals surface area contributed by atoms with Crippen LogP contribution in [-0.2, 0) is 4.79 Å². The maximum atomic E-state index is 10.9. The molecule has 0 heterocycles. The molecule has 1 aliphatic rings. The van der Waals surface area contributed by atoms with Gasteiger partial charge in [0.25, 0.3) is 0 Å². The summed E-state index contributed by atoms with van der Waals surface area (Å²) in [6.45, 7) is 0. The molecule has 1 aromatic rings. The maximum absolute atomic E-state index is 10.9. The monoisotopic (exact) mass is 195 g/mol. The van der Waals surface area contributed by atoms with Crippen LogP contribution in [0.4, 0.5) is 0 Å². The van der Waals surface area contributed by atoms with Gasteiger partial charge in [-0.05, 0) is 11.1 Å². The van der Waals surface area contributed by atoms with Crippen LogP contribution in [0.3, 0.4) is 0 Å². The van der Waals surface area contributed by atoms with Crippen LogP contribution in [-0.4, -0.2) is 5.91 Å². The predicted octanol–water partition coefficient (Wildman–Crippen LogP) is 1.70. The fourth-order valence-corrected chi connectivity index (χ4v) is 1.50. The zero-order chi connectivity index (χ0) is 8.55. The van der Waals surface area contributed by atoms with Gasteiger partial charge in [-0.15, -0.1) is 12.4 Å². The number of rotatable bonds is 1. The van der Waals surface area contributed by atoms with E-state index in [1.807, 2.05) is 36.4 Å².